The number of rotatable bonds is 4. The lowest BCUT2D eigenvalue weighted by atomic mass is 10.1. The summed E-state index contributed by atoms with van der Waals surface area (Å²) in [6.07, 6.45) is 3.39. The second-order valence-electron chi connectivity index (χ2n) is 6.52. The van der Waals surface area contributed by atoms with Crippen LogP contribution in [0.2, 0.25) is 0 Å². The van der Waals surface area contributed by atoms with Crippen LogP contribution in [0.25, 0.3) is 45.6 Å². The highest BCUT2D eigenvalue weighted by molar-refractivity contribution is 5.77. The minimum Gasteiger partial charge on any atom is -0.508 e. The van der Waals surface area contributed by atoms with Gasteiger partial charge in [-0.2, -0.15) is 0 Å². The molecule has 29 heavy (non-hydrogen) atoms. The molecule has 0 spiro atoms. The molecule has 0 aliphatic heterocycles. The van der Waals surface area contributed by atoms with Crippen LogP contribution < -0.4 is 0 Å². The van der Waals surface area contributed by atoms with Crippen LogP contribution in [0.4, 0.5) is 0 Å². The van der Waals surface area contributed by atoms with Gasteiger partial charge in [0.15, 0.2) is 11.5 Å². The fourth-order valence-corrected chi connectivity index (χ4v) is 3.15. The molecular weight excluding hydrogens is 364 g/mol. The topological polar surface area (TPSA) is 72.3 Å². The van der Waals surface area contributed by atoms with Crippen molar-refractivity contribution in [3.8, 4) is 51.3 Å². The van der Waals surface area contributed by atoms with E-state index in [1.807, 2.05) is 54.6 Å². The van der Waals surface area contributed by atoms with Crippen LogP contribution in [0.1, 0.15) is 0 Å². The summed E-state index contributed by atoms with van der Waals surface area (Å²) in [4.78, 5) is 8.90. The van der Waals surface area contributed by atoms with Gasteiger partial charge in [0.1, 0.15) is 5.75 Å². The van der Waals surface area contributed by atoms with Gasteiger partial charge in [-0.3, -0.25) is 0 Å². The lowest BCUT2D eigenvalue weighted by Crippen LogP contribution is -1.84. The molecule has 0 saturated heterocycles. The van der Waals surface area contributed by atoms with Crippen molar-refractivity contribution in [2.45, 2.75) is 0 Å². The Labute approximate surface area is 166 Å². The van der Waals surface area contributed by atoms with Gasteiger partial charge in [0, 0.05) is 22.3 Å². The number of aromatic nitrogens is 2. The first-order valence-corrected chi connectivity index (χ1v) is 9.14. The predicted octanol–water partition coefficient (Wildman–Crippen LogP) is 6.04. The van der Waals surface area contributed by atoms with Gasteiger partial charge < -0.3 is 13.9 Å². The summed E-state index contributed by atoms with van der Waals surface area (Å²) < 4.78 is 12.0. The van der Waals surface area contributed by atoms with E-state index in [4.69, 9.17) is 8.83 Å². The molecule has 2 aromatic heterocycles. The number of phenols is 1. The molecule has 5 rings (SSSR count). The second kappa shape index (κ2) is 7.13. The maximum Gasteiger partial charge on any atom is 0.227 e. The Balaban J connectivity index is 1.53. The van der Waals surface area contributed by atoms with Gasteiger partial charge in [-0.15, -0.1) is 0 Å². The molecule has 0 aliphatic carbocycles. The first kappa shape index (κ1) is 17.0. The molecule has 0 radical (unpaired) electrons. The van der Waals surface area contributed by atoms with E-state index in [1.165, 1.54) is 0 Å². The summed E-state index contributed by atoms with van der Waals surface area (Å²) in [6.45, 7) is 0. The normalized spacial score (nSPS) is 10.9. The van der Waals surface area contributed by atoms with Crippen molar-refractivity contribution in [1.29, 1.82) is 0 Å². The summed E-state index contributed by atoms with van der Waals surface area (Å²) in [7, 11) is 0. The van der Waals surface area contributed by atoms with Gasteiger partial charge in [0.05, 0.1) is 12.4 Å². The van der Waals surface area contributed by atoms with E-state index in [0.29, 0.717) is 23.3 Å². The molecule has 140 valence electrons. The third-order valence-corrected chi connectivity index (χ3v) is 4.61. The van der Waals surface area contributed by atoms with Crippen LogP contribution in [0.15, 0.2) is 100 Å². The first-order valence-electron chi connectivity index (χ1n) is 9.14. The van der Waals surface area contributed by atoms with E-state index >= 15 is 0 Å². The largest absolute Gasteiger partial charge is 0.508 e. The maximum absolute atomic E-state index is 9.47. The smallest absolute Gasteiger partial charge is 0.227 e. The number of aromatic hydroxyl groups is 1. The van der Waals surface area contributed by atoms with Crippen LogP contribution in [-0.4, -0.2) is 15.1 Å². The van der Waals surface area contributed by atoms with Crippen molar-refractivity contribution < 1.29 is 13.9 Å². The summed E-state index contributed by atoms with van der Waals surface area (Å²) in [5.41, 5.74) is 3.39. The second-order valence-corrected chi connectivity index (χ2v) is 6.52. The van der Waals surface area contributed by atoms with Crippen molar-refractivity contribution in [3.05, 3.63) is 91.3 Å². The molecule has 5 aromatic rings. The first-order chi connectivity index (χ1) is 14.3. The fourth-order valence-electron chi connectivity index (χ4n) is 3.15. The molecule has 0 amide bonds. The molecule has 0 fully saturated rings. The van der Waals surface area contributed by atoms with Crippen molar-refractivity contribution in [2.75, 3.05) is 0 Å². The number of nitrogens with zero attached hydrogens (tertiary/aromatic N) is 2. The summed E-state index contributed by atoms with van der Waals surface area (Å²) in [5, 5.41) is 9.47. The predicted molar refractivity (Wildman–Crippen MR) is 110 cm³/mol. The van der Waals surface area contributed by atoms with Crippen LogP contribution in [-0.2, 0) is 0 Å². The molecule has 5 heteroatoms. The molecule has 2 heterocycles. The lowest BCUT2D eigenvalue weighted by Gasteiger charge is -2.03. The van der Waals surface area contributed by atoms with Gasteiger partial charge in [0.2, 0.25) is 11.8 Å². The van der Waals surface area contributed by atoms with Crippen LogP contribution in [0.5, 0.6) is 5.75 Å². The third kappa shape index (κ3) is 3.30. The van der Waals surface area contributed by atoms with E-state index in [9.17, 15) is 5.11 Å². The van der Waals surface area contributed by atoms with Crippen LogP contribution in [0.3, 0.4) is 0 Å². The highest BCUT2D eigenvalue weighted by Gasteiger charge is 2.17. The molecule has 0 saturated carbocycles. The van der Waals surface area contributed by atoms with Gasteiger partial charge >= 0.3 is 0 Å². The molecule has 0 aliphatic rings. The molecule has 1 N–H and O–H groups in total. The number of hydrogen-bond donors (Lipinski definition) is 1. The average molecular weight is 380 g/mol. The van der Waals surface area contributed by atoms with Crippen molar-refractivity contribution >= 4 is 0 Å². The van der Waals surface area contributed by atoms with Crippen LogP contribution in [0, 0.1) is 0 Å². The van der Waals surface area contributed by atoms with Gasteiger partial charge in [-0.05, 0) is 36.4 Å². The Hall–Kier alpha value is -4.12. The molecule has 0 bridgehead atoms. The highest BCUT2D eigenvalue weighted by atomic mass is 16.4. The number of benzene rings is 3. The van der Waals surface area contributed by atoms with E-state index in [1.54, 1.807) is 36.7 Å². The Morgan fingerprint density at radius 2 is 1.03 bits per heavy atom. The Kier molecular flexibility index (Phi) is 4.18. The third-order valence-electron chi connectivity index (χ3n) is 4.61. The summed E-state index contributed by atoms with van der Waals surface area (Å²) in [5.74, 6) is 2.50. The standard InChI is InChI=1S/C24H16N2O3/c27-18-12-10-17(11-13-18)22-15-26-24(29-22)20-9-5-4-8-19(20)23-25-14-21(28-23)16-6-2-1-3-7-16/h1-15,27H. The zero-order valence-corrected chi connectivity index (χ0v) is 15.3. The monoisotopic (exact) mass is 380 g/mol. The van der Waals surface area contributed by atoms with E-state index < -0.39 is 0 Å². The average Bonchev–Trinajstić information content (AvgIpc) is 3.45. The van der Waals surface area contributed by atoms with Crippen LogP contribution >= 0.6 is 0 Å². The van der Waals surface area contributed by atoms with Crippen molar-refractivity contribution in [2.24, 2.45) is 0 Å². The Morgan fingerprint density at radius 3 is 1.59 bits per heavy atom. The minimum atomic E-state index is 0.206. The van der Waals surface area contributed by atoms with Gasteiger partial charge in [-0.25, -0.2) is 9.97 Å². The number of phenolic OH excluding ortho intramolecular Hbond substituents is 1. The fraction of sp³-hybridized carbons (Fsp3) is 0. The molecule has 3 aromatic carbocycles. The van der Waals surface area contributed by atoms with Gasteiger partial charge in [0.25, 0.3) is 0 Å². The maximum atomic E-state index is 9.47. The molecule has 0 unspecified atom stereocenters. The SMILES string of the molecule is Oc1ccc(-c2cnc(-c3ccccc3-c3ncc(-c4ccccc4)o3)o2)cc1. The molecule has 5 nitrogen and oxygen atoms in total. The highest BCUT2D eigenvalue weighted by Crippen LogP contribution is 2.35. The molecular formula is C24H16N2O3. The lowest BCUT2D eigenvalue weighted by molar-refractivity contribution is 0.475. The minimum absolute atomic E-state index is 0.206. The molecule has 0 atom stereocenters. The quantitative estimate of drug-likeness (QED) is 0.412. The zero-order valence-electron chi connectivity index (χ0n) is 15.3. The van der Waals surface area contributed by atoms with E-state index in [2.05, 4.69) is 9.97 Å². The van der Waals surface area contributed by atoms with Gasteiger partial charge in [-0.1, -0.05) is 42.5 Å². The van der Waals surface area contributed by atoms with Crippen molar-refractivity contribution in [3.63, 3.8) is 0 Å². The summed E-state index contributed by atoms with van der Waals surface area (Å²) in [6, 6.07) is 24.3. The van der Waals surface area contributed by atoms with Crippen molar-refractivity contribution in [1.82, 2.24) is 9.97 Å². The van der Waals surface area contributed by atoms with E-state index in [-0.39, 0.29) is 5.75 Å². The zero-order chi connectivity index (χ0) is 19.6. The Bertz CT molecular complexity index is 1250. The Morgan fingerprint density at radius 1 is 0.552 bits per heavy atom. The number of hydrogen-bond acceptors (Lipinski definition) is 5. The summed E-state index contributed by atoms with van der Waals surface area (Å²) >= 11 is 0. The van der Waals surface area contributed by atoms with E-state index in [0.717, 1.165) is 22.3 Å². The number of oxazole rings is 2.